The van der Waals surface area contributed by atoms with Crippen LogP contribution in [0.2, 0.25) is 0 Å². The number of benzene rings is 1. The number of nitrogens with two attached hydrogens (primary N) is 1. The van der Waals surface area contributed by atoms with E-state index in [1.165, 1.54) is 6.07 Å². The van der Waals surface area contributed by atoms with Crippen molar-refractivity contribution in [2.24, 2.45) is 5.73 Å². The summed E-state index contributed by atoms with van der Waals surface area (Å²) in [4.78, 5) is 0. The first-order valence-corrected chi connectivity index (χ1v) is 6.33. The van der Waals surface area contributed by atoms with Gasteiger partial charge in [0.2, 0.25) is 0 Å². The van der Waals surface area contributed by atoms with Crippen LogP contribution < -0.4 is 10.5 Å². The first-order valence-electron chi connectivity index (χ1n) is 6.33. The van der Waals surface area contributed by atoms with Crippen LogP contribution in [0.4, 0.5) is 4.39 Å². The Morgan fingerprint density at radius 3 is 2.78 bits per heavy atom. The summed E-state index contributed by atoms with van der Waals surface area (Å²) in [7, 11) is 0. The summed E-state index contributed by atoms with van der Waals surface area (Å²) in [6.07, 6.45) is 3.43. The van der Waals surface area contributed by atoms with Crippen LogP contribution in [0.15, 0.2) is 29.8 Å². The molecule has 0 saturated carbocycles. The van der Waals surface area contributed by atoms with E-state index in [1.54, 1.807) is 6.07 Å². The van der Waals surface area contributed by atoms with Gasteiger partial charge in [-0.2, -0.15) is 0 Å². The Kier molecular flexibility index (Phi) is 5.86. The first kappa shape index (κ1) is 14.7. The zero-order valence-corrected chi connectivity index (χ0v) is 11.4. The van der Waals surface area contributed by atoms with Crippen LogP contribution in [0.1, 0.15) is 32.8 Å². The molecule has 1 unspecified atom stereocenters. The Balaban J connectivity index is 2.83. The molecule has 3 heteroatoms. The quantitative estimate of drug-likeness (QED) is 0.786. The van der Waals surface area contributed by atoms with Crippen molar-refractivity contribution in [3.63, 3.8) is 0 Å². The Morgan fingerprint density at radius 1 is 1.44 bits per heavy atom. The lowest BCUT2D eigenvalue weighted by Crippen LogP contribution is -2.22. The minimum atomic E-state index is -0.321. The number of hydrogen-bond donors (Lipinski definition) is 1. The monoisotopic (exact) mass is 251 g/mol. The maximum absolute atomic E-state index is 13.7. The van der Waals surface area contributed by atoms with E-state index in [4.69, 9.17) is 10.5 Å². The first-order chi connectivity index (χ1) is 8.54. The van der Waals surface area contributed by atoms with Crippen molar-refractivity contribution in [3.8, 4) is 5.75 Å². The number of ether oxygens (including phenoxy) is 1. The fraction of sp³-hybridized carbons (Fsp3) is 0.467. The molecule has 0 fully saturated rings. The van der Waals surface area contributed by atoms with E-state index in [-0.39, 0.29) is 11.9 Å². The predicted molar refractivity (Wildman–Crippen MR) is 73.3 cm³/mol. The minimum Gasteiger partial charge on any atom is -0.486 e. The van der Waals surface area contributed by atoms with Crippen molar-refractivity contribution < 1.29 is 9.13 Å². The Morgan fingerprint density at radius 2 is 2.17 bits per heavy atom. The molecule has 0 aliphatic heterocycles. The summed E-state index contributed by atoms with van der Waals surface area (Å²) >= 11 is 0. The summed E-state index contributed by atoms with van der Waals surface area (Å²) < 4.78 is 19.3. The highest BCUT2D eigenvalue weighted by atomic mass is 19.1. The lowest BCUT2D eigenvalue weighted by molar-refractivity contribution is 0.335. The van der Waals surface area contributed by atoms with Crippen molar-refractivity contribution in [3.05, 3.63) is 41.2 Å². The van der Waals surface area contributed by atoms with Crippen LogP contribution in [0.3, 0.4) is 0 Å². The Bertz CT molecular complexity index is 411. The summed E-state index contributed by atoms with van der Waals surface area (Å²) in [5.41, 5.74) is 7.90. The number of allylic oxidation sites excluding steroid dienone is 1. The molecule has 2 N–H and O–H groups in total. The zero-order chi connectivity index (χ0) is 13.5. The normalized spacial score (nSPS) is 12.1. The van der Waals surface area contributed by atoms with Crippen LogP contribution >= 0.6 is 0 Å². The second-order valence-corrected chi connectivity index (χ2v) is 4.69. The standard InChI is InChI=1S/C15H22FNO/c1-4-13(17)10-12-6-5-7-14(16)15(12)18-9-8-11(2)3/h5-8,13H,4,9-10,17H2,1-3H3. The van der Waals surface area contributed by atoms with E-state index < -0.39 is 0 Å². The number of halogens is 1. The predicted octanol–water partition coefficient (Wildman–Crippen LogP) is 3.45. The van der Waals surface area contributed by atoms with Gasteiger partial charge < -0.3 is 10.5 Å². The fourth-order valence-electron chi connectivity index (χ4n) is 1.59. The molecule has 1 aromatic rings. The Hall–Kier alpha value is -1.35. The summed E-state index contributed by atoms with van der Waals surface area (Å²) in [6.45, 7) is 6.38. The Labute approximate surface area is 109 Å². The highest BCUT2D eigenvalue weighted by molar-refractivity contribution is 5.35. The third-order valence-corrected chi connectivity index (χ3v) is 2.77. The summed E-state index contributed by atoms with van der Waals surface area (Å²) in [5.74, 6) is 0.0110. The third kappa shape index (κ3) is 4.49. The third-order valence-electron chi connectivity index (χ3n) is 2.77. The average Bonchev–Trinajstić information content (AvgIpc) is 2.32. The van der Waals surface area contributed by atoms with E-state index in [1.807, 2.05) is 32.9 Å². The van der Waals surface area contributed by atoms with Crippen LogP contribution in [-0.2, 0) is 6.42 Å². The highest BCUT2D eigenvalue weighted by Crippen LogP contribution is 2.24. The maximum Gasteiger partial charge on any atom is 0.165 e. The molecule has 1 aromatic carbocycles. The van der Waals surface area contributed by atoms with Crippen LogP contribution in [0.25, 0.3) is 0 Å². The lowest BCUT2D eigenvalue weighted by Gasteiger charge is -2.14. The van der Waals surface area contributed by atoms with Gasteiger partial charge >= 0.3 is 0 Å². The average molecular weight is 251 g/mol. The van der Waals surface area contributed by atoms with Crippen molar-refractivity contribution in [1.82, 2.24) is 0 Å². The molecule has 0 aliphatic rings. The lowest BCUT2D eigenvalue weighted by atomic mass is 10.0. The van der Waals surface area contributed by atoms with Crippen molar-refractivity contribution in [1.29, 1.82) is 0 Å². The van der Waals surface area contributed by atoms with Gasteiger partial charge in [0.25, 0.3) is 0 Å². The zero-order valence-electron chi connectivity index (χ0n) is 11.4. The van der Waals surface area contributed by atoms with Crippen LogP contribution in [-0.4, -0.2) is 12.6 Å². The van der Waals surface area contributed by atoms with Crippen LogP contribution in [0, 0.1) is 5.82 Å². The molecule has 1 atom stereocenters. The van der Waals surface area contributed by atoms with Crippen molar-refractivity contribution in [2.75, 3.05) is 6.61 Å². The molecule has 18 heavy (non-hydrogen) atoms. The highest BCUT2D eigenvalue weighted by Gasteiger charge is 2.11. The molecule has 100 valence electrons. The van der Waals surface area contributed by atoms with Gasteiger partial charge in [-0.15, -0.1) is 0 Å². The number of para-hydroxylation sites is 1. The summed E-state index contributed by atoms with van der Waals surface area (Å²) in [6, 6.07) is 5.02. The second-order valence-electron chi connectivity index (χ2n) is 4.69. The van der Waals surface area contributed by atoms with Gasteiger partial charge in [-0.3, -0.25) is 0 Å². The van der Waals surface area contributed by atoms with Crippen molar-refractivity contribution in [2.45, 2.75) is 39.7 Å². The molecule has 1 rings (SSSR count). The largest absolute Gasteiger partial charge is 0.486 e. The van der Waals surface area contributed by atoms with E-state index in [0.717, 1.165) is 17.6 Å². The van der Waals surface area contributed by atoms with Gasteiger partial charge in [0.1, 0.15) is 6.61 Å². The molecular formula is C15H22FNO. The number of rotatable bonds is 6. The topological polar surface area (TPSA) is 35.2 Å². The number of hydrogen-bond acceptors (Lipinski definition) is 2. The molecule has 0 heterocycles. The molecule has 0 aliphatic carbocycles. The molecule has 0 bridgehead atoms. The van der Waals surface area contributed by atoms with E-state index in [0.29, 0.717) is 18.8 Å². The molecule has 0 amide bonds. The SMILES string of the molecule is CCC(N)Cc1cccc(F)c1OCC=C(C)C. The van der Waals surface area contributed by atoms with Gasteiger partial charge in [0.05, 0.1) is 0 Å². The van der Waals surface area contributed by atoms with Gasteiger partial charge in [-0.05, 0) is 44.4 Å². The van der Waals surface area contributed by atoms with Crippen molar-refractivity contribution >= 4 is 0 Å². The second kappa shape index (κ2) is 7.17. The fourth-order valence-corrected chi connectivity index (χ4v) is 1.59. The van der Waals surface area contributed by atoms with E-state index in [9.17, 15) is 4.39 Å². The van der Waals surface area contributed by atoms with Gasteiger partial charge in [-0.25, -0.2) is 4.39 Å². The molecule has 0 spiro atoms. The smallest absolute Gasteiger partial charge is 0.165 e. The minimum absolute atomic E-state index is 0.0394. The van der Waals surface area contributed by atoms with Gasteiger partial charge in [-0.1, -0.05) is 24.6 Å². The van der Waals surface area contributed by atoms with Crippen LogP contribution in [0.5, 0.6) is 5.75 Å². The molecule has 0 saturated heterocycles. The summed E-state index contributed by atoms with van der Waals surface area (Å²) in [5, 5.41) is 0. The molecule has 2 nitrogen and oxygen atoms in total. The maximum atomic E-state index is 13.7. The van der Waals surface area contributed by atoms with Gasteiger partial charge in [0, 0.05) is 6.04 Å². The molecule has 0 radical (unpaired) electrons. The molecular weight excluding hydrogens is 229 g/mol. The van der Waals surface area contributed by atoms with E-state index >= 15 is 0 Å². The van der Waals surface area contributed by atoms with Gasteiger partial charge in [0.15, 0.2) is 11.6 Å². The molecule has 0 aromatic heterocycles. The van der Waals surface area contributed by atoms with E-state index in [2.05, 4.69) is 0 Å².